The van der Waals surface area contributed by atoms with E-state index in [9.17, 15) is 23.1 Å². The summed E-state index contributed by atoms with van der Waals surface area (Å²) < 4.78 is 39.0. The van der Waals surface area contributed by atoms with Gasteiger partial charge in [-0.25, -0.2) is 23.2 Å². The van der Waals surface area contributed by atoms with Crippen LogP contribution in [-0.2, 0) is 24.4 Å². The quantitative estimate of drug-likeness (QED) is 0.291. The standard InChI is InChI=1S/C31H41N5O8S2/c1-31(2,3)43-30(39)44-35-15-16-36(22(18-35)19-37)46(40,41)23-11-9-21(10-12-23)24(17-20-7-5-6-8-20)27(38)34-29-32-25-13-14-26(42-4)33-28(25)45-29/h9-14,20,22,24,37H,5-8,15-19H2,1-4H3,(H,32,34,38). The number of pyridine rings is 1. The van der Waals surface area contributed by atoms with Crippen molar-refractivity contribution in [3.05, 3.63) is 42.0 Å². The van der Waals surface area contributed by atoms with Gasteiger partial charge in [0.1, 0.15) is 15.9 Å². The number of anilines is 1. The van der Waals surface area contributed by atoms with Crippen molar-refractivity contribution in [3.8, 4) is 5.88 Å². The molecule has 250 valence electrons. The van der Waals surface area contributed by atoms with Crippen LogP contribution in [0.4, 0.5) is 9.93 Å². The van der Waals surface area contributed by atoms with Crippen LogP contribution in [0.2, 0.25) is 0 Å². The van der Waals surface area contributed by atoms with Crippen molar-refractivity contribution in [1.82, 2.24) is 19.3 Å². The van der Waals surface area contributed by atoms with Crippen molar-refractivity contribution < 1.29 is 37.4 Å². The lowest BCUT2D eigenvalue weighted by Gasteiger charge is -2.38. The van der Waals surface area contributed by atoms with Crippen LogP contribution in [0.1, 0.15) is 64.4 Å². The number of nitrogens with zero attached hydrogens (tertiary/aromatic N) is 4. The van der Waals surface area contributed by atoms with Crippen LogP contribution in [0.5, 0.6) is 5.88 Å². The minimum atomic E-state index is -4.01. The number of benzene rings is 1. The topological polar surface area (TPSA) is 160 Å². The molecule has 1 amide bonds. The van der Waals surface area contributed by atoms with E-state index < -0.39 is 40.3 Å². The Kier molecular flexibility index (Phi) is 10.5. The van der Waals surface area contributed by atoms with Gasteiger partial charge in [-0.3, -0.25) is 4.79 Å². The second-order valence-electron chi connectivity index (χ2n) is 12.6. The normalized spacial score (nSPS) is 19.2. The Morgan fingerprint density at radius 1 is 1.09 bits per heavy atom. The predicted octanol–water partition coefficient (Wildman–Crippen LogP) is 4.54. The van der Waals surface area contributed by atoms with E-state index in [0.717, 1.165) is 25.7 Å². The molecule has 2 aromatic heterocycles. The summed E-state index contributed by atoms with van der Waals surface area (Å²) in [5.41, 5.74) is 0.614. The van der Waals surface area contributed by atoms with E-state index >= 15 is 0 Å². The molecule has 1 saturated heterocycles. The number of aliphatic hydroxyl groups excluding tert-OH is 1. The molecule has 2 atom stereocenters. The number of piperazine rings is 1. The molecule has 3 aromatic rings. The van der Waals surface area contributed by atoms with Gasteiger partial charge in [0.2, 0.25) is 21.8 Å². The van der Waals surface area contributed by atoms with Gasteiger partial charge in [-0.05, 0) is 56.9 Å². The maximum atomic E-state index is 13.7. The third-order valence-electron chi connectivity index (χ3n) is 8.11. The molecule has 2 fully saturated rings. The number of hydrogen-bond acceptors (Lipinski definition) is 12. The van der Waals surface area contributed by atoms with Crippen LogP contribution < -0.4 is 10.1 Å². The van der Waals surface area contributed by atoms with Gasteiger partial charge >= 0.3 is 6.16 Å². The first-order valence-electron chi connectivity index (χ1n) is 15.4. The fourth-order valence-electron chi connectivity index (χ4n) is 5.87. The van der Waals surface area contributed by atoms with Crippen LogP contribution in [0.15, 0.2) is 41.3 Å². The highest BCUT2D eigenvalue weighted by atomic mass is 32.2. The van der Waals surface area contributed by atoms with Crippen molar-refractivity contribution in [2.45, 2.75) is 75.3 Å². The Hall–Kier alpha value is -3.37. The minimum absolute atomic E-state index is 0.00623. The summed E-state index contributed by atoms with van der Waals surface area (Å²) >= 11 is 1.26. The first kappa shape index (κ1) is 34.0. The number of carbonyl (C=O) groups excluding carboxylic acids is 2. The smallest absolute Gasteiger partial charge is 0.481 e. The van der Waals surface area contributed by atoms with E-state index in [2.05, 4.69) is 15.3 Å². The van der Waals surface area contributed by atoms with Gasteiger partial charge in [0.15, 0.2) is 5.13 Å². The molecule has 2 unspecified atom stereocenters. The monoisotopic (exact) mass is 675 g/mol. The van der Waals surface area contributed by atoms with E-state index in [4.69, 9.17) is 14.3 Å². The number of nitrogens with one attached hydrogen (secondary N) is 1. The lowest BCUT2D eigenvalue weighted by molar-refractivity contribution is -0.163. The Labute approximate surface area is 272 Å². The number of aromatic nitrogens is 2. The summed E-state index contributed by atoms with van der Waals surface area (Å²) in [6, 6.07) is 9.05. The highest BCUT2D eigenvalue weighted by Crippen LogP contribution is 2.36. The fourth-order valence-corrected chi connectivity index (χ4v) is 8.30. The number of sulfonamides is 1. The minimum Gasteiger partial charge on any atom is -0.481 e. The Bertz CT molecular complexity index is 1630. The van der Waals surface area contributed by atoms with Gasteiger partial charge in [0.05, 0.1) is 37.1 Å². The molecule has 1 saturated carbocycles. The lowest BCUT2D eigenvalue weighted by Crippen LogP contribution is -2.56. The molecular weight excluding hydrogens is 635 g/mol. The zero-order valence-electron chi connectivity index (χ0n) is 26.5. The zero-order chi connectivity index (χ0) is 33.1. The average Bonchev–Trinajstić information content (AvgIpc) is 3.67. The molecule has 1 aliphatic heterocycles. The Morgan fingerprint density at radius 2 is 1.80 bits per heavy atom. The van der Waals surface area contributed by atoms with E-state index in [0.29, 0.717) is 39.3 Å². The van der Waals surface area contributed by atoms with Crippen molar-refractivity contribution in [3.63, 3.8) is 0 Å². The van der Waals surface area contributed by atoms with Gasteiger partial charge in [-0.15, -0.1) is 5.06 Å². The zero-order valence-corrected chi connectivity index (χ0v) is 28.1. The number of amides is 1. The largest absolute Gasteiger partial charge is 0.528 e. The molecule has 2 N–H and O–H groups in total. The molecule has 1 aromatic carbocycles. The predicted molar refractivity (Wildman–Crippen MR) is 172 cm³/mol. The molecule has 13 nitrogen and oxygen atoms in total. The molecule has 0 bridgehead atoms. The molecule has 15 heteroatoms. The van der Waals surface area contributed by atoms with Crippen LogP contribution in [0, 0.1) is 5.92 Å². The molecule has 1 aliphatic carbocycles. The highest BCUT2D eigenvalue weighted by molar-refractivity contribution is 7.89. The summed E-state index contributed by atoms with van der Waals surface area (Å²) in [6.07, 6.45) is 4.10. The number of aliphatic hydroxyl groups is 1. The number of thiazole rings is 1. The number of fused-ring (bicyclic) bond motifs is 1. The van der Waals surface area contributed by atoms with Crippen LogP contribution in [0.25, 0.3) is 10.3 Å². The van der Waals surface area contributed by atoms with Crippen LogP contribution in [0.3, 0.4) is 0 Å². The number of hydrogen-bond donors (Lipinski definition) is 2. The fraction of sp³-hybridized carbons (Fsp3) is 0.548. The Balaban J connectivity index is 1.31. The van der Waals surface area contributed by atoms with Crippen molar-refractivity contribution in [1.29, 1.82) is 0 Å². The van der Waals surface area contributed by atoms with Gasteiger partial charge in [0, 0.05) is 19.2 Å². The Morgan fingerprint density at radius 3 is 2.46 bits per heavy atom. The third kappa shape index (κ3) is 8.12. The highest BCUT2D eigenvalue weighted by Gasteiger charge is 2.38. The summed E-state index contributed by atoms with van der Waals surface area (Å²) in [5, 5.41) is 14.8. The number of hydroxylamine groups is 2. The molecule has 5 rings (SSSR count). The van der Waals surface area contributed by atoms with Crippen molar-refractivity contribution >= 4 is 48.9 Å². The van der Waals surface area contributed by atoms with E-state index in [1.807, 2.05) is 0 Å². The van der Waals surface area contributed by atoms with Crippen LogP contribution in [-0.4, -0.2) is 89.9 Å². The first-order chi connectivity index (χ1) is 21.9. The van der Waals surface area contributed by atoms with Crippen molar-refractivity contribution in [2.24, 2.45) is 5.92 Å². The van der Waals surface area contributed by atoms with Crippen LogP contribution >= 0.6 is 11.3 Å². The van der Waals surface area contributed by atoms with Gasteiger partial charge in [0.25, 0.3) is 0 Å². The number of methoxy groups -OCH3 is 1. The number of carbonyl (C=O) groups is 2. The molecular formula is C31H41N5O8S2. The van der Waals surface area contributed by atoms with E-state index in [-0.39, 0.29) is 30.4 Å². The molecule has 3 heterocycles. The van der Waals surface area contributed by atoms with Gasteiger partial charge in [-0.1, -0.05) is 49.2 Å². The van der Waals surface area contributed by atoms with Gasteiger partial charge < -0.3 is 24.7 Å². The number of rotatable bonds is 10. The molecule has 0 radical (unpaired) electrons. The van der Waals surface area contributed by atoms with Gasteiger partial charge in [-0.2, -0.15) is 4.31 Å². The summed E-state index contributed by atoms with van der Waals surface area (Å²) in [6.45, 7) is 4.73. The molecule has 2 aliphatic rings. The average molecular weight is 676 g/mol. The van der Waals surface area contributed by atoms with E-state index in [1.54, 1.807) is 45.0 Å². The number of ether oxygens (including phenoxy) is 2. The van der Waals surface area contributed by atoms with Crippen molar-refractivity contribution in [2.75, 3.05) is 38.7 Å². The lowest BCUT2D eigenvalue weighted by atomic mass is 9.87. The third-order valence-corrected chi connectivity index (χ3v) is 11.0. The maximum Gasteiger partial charge on any atom is 0.528 e. The second kappa shape index (κ2) is 14.2. The molecule has 0 spiro atoms. The first-order valence-corrected chi connectivity index (χ1v) is 17.6. The summed E-state index contributed by atoms with van der Waals surface area (Å²) in [5.74, 6) is 0.137. The van der Waals surface area contributed by atoms with E-state index in [1.165, 1.54) is 39.9 Å². The summed E-state index contributed by atoms with van der Waals surface area (Å²) in [7, 11) is -2.47. The summed E-state index contributed by atoms with van der Waals surface area (Å²) in [4.78, 5) is 40.7. The SMILES string of the molecule is COc1ccc2nc(NC(=O)C(CC3CCCC3)c3ccc(S(=O)(=O)N4CCN(OC(=O)OC(C)(C)C)CC4CO)cc3)sc2n1. The maximum absolute atomic E-state index is 13.7. The second-order valence-corrected chi connectivity index (χ2v) is 15.5. The molecule has 46 heavy (non-hydrogen) atoms.